The minimum Gasteiger partial charge on any atom is -0.338 e. The maximum Gasteiger partial charge on any atom is 0.315 e. The number of nitrogens with one attached hydrogen (secondary N) is 2. The quantitative estimate of drug-likeness (QED) is 0.797. The first-order valence-electron chi connectivity index (χ1n) is 6.07. The molecular formula is C12H15N3O2S. The van der Waals surface area contributed by atoms with Gasteiger partial charge in [0.05, 0.1) is 10.4 Å². The van der Waals surface area contributed by atoms with Crippen molar-refractivity contribution in [1.82, 2.24) is 15.5 Å². The van der Waals surface area contributed by atoms with E-state index in [0.717, 1.165) is 17.7 Å². The van der Waals surface area contributed by atoms with Crippen molar-refractivity contribution in [3.05, 3.63) is 22.4 Å². The number of hydrogen-bond acceptors (Lipinski definition) is 3. The van der Waals surface area contributed by atoms with Crippen molar-refractivity contribution in [2.24, 2.45) is 0 Å². The molecule has 96 valence electrons. The van der Waals surface area contributed by atoms with Crippen molar-refractivity contribution >= 4 is 23.3 Å². The number of nitrogens with zero attached hydrogens (tertiary/aromatic N) is 1. The highest BCUT2D eigenvalue weighted by Crippen LogP contribution is 2.25. The molecule has 1 spiro atoms. The van der Waals surface area contributed by atoms with E-state index in [1.807, 2.05) is 22.4 Å². The average Bonchev–Trinajstić information content (AvgIpc) is 3.00. The van der Waals surface area contributed by atoms with Gasteiger partial charge in [-0.3, -0.25) is 4.79 Å². The zero-order valence-corrected chi connectivity index (χ0v) is 10.8. The molecular weight excluding hydrogens is 250 g/mol. The fourth-order valence-corrected chi connectivity index (χ4v) is 3.27. The van der Waals surface area contributed by atoms with Crippen molar-refractivity contribution in [3.63, 3.8) is 0 Å². The lowest BCUT2D eigenvalue weighted by Crippen LogP contribution is -2.53. The molecule has 0 atom stereocenters. The molecule has 0 bridgehead atoms. The first-order valence-corrected chi connectivity index (χ1v) is 6.95. The van der Waals surface area contributed by atoms with Gasteiger partial charge in [-0.25, -0.2) is 4.79 Å². The molecule has 2 fully saturated rings. The van der Waals surface area contributed by atoms with Gasteiger partial charge in [-0.2, -0.15) is 0 Å². The number of carbonyl (C=O) groups is 2. The molecule has 5 nitrogen and oxygen atoms in total. The summed E-state index contributed by atoms with van der Waals surface area (Å²) in [6.07, 6.45) is 1.64. The zero-order valence-electron chi connectivity index (χ0n) is 9.94. The highest BCUT2D eigenvalue weighted by Gasteiger charge is 2.41. The lowest BCUT2D eigenvalue weighted by molar-refractivity contribution is 0.0672. The number of thiophene rings is 1. The lowest BCUT2D eigenvalue weighted by Gasteiger charge is -2.38. The third-order valence-corrected chi connectivity index (χ3v) is 4.56. The van der Waals surface area contributed by atoms with E-state index >= 15 is 0 Å². The third-order valence-electron chi connectivity index (χ3n) is 3.71. The van der Waals surface area contributed by atoms with E-state index in [1.165, 1.54) is 11.3 Å². The van der Waals surface area contributed by atoms with Crippen LogP contribution in [0.1, 0.15) is 22.5 Å². The molecule has 3 rings (SSSR count). The predicted molar refractivity (Wildman–Crippen MR) is 68.7 cm³/mol. The highest BCUT2D eigenvalue weighted by molar-refractivity contribution is 7.12. The van der Waals surface area contributed by atoms with E-state index in [9.17, 15) is 9.59 Å². The Kier molecular flexibility index (Phi) is 2.74. The van der Waals surface area contributed by atoms with Crippen molar-refractivity contribution in [2.75, 3.05) is 19.6 Å². The summed E-state index contributed by atoms with van der Waals surface area (Å²) in [6.45, 7) is 2.09. The highest BCUT2D eigenvalue weighted by atomic mass is 32.1. The van der Waals surface area contributed by atoms with Crippen LogP contribution in [0.15, 0.2) is 17.5 Å². The molecule has 0 aliphatic carbocycles. The predicted octanol–water partition coefficient (Wildman–Crippen LogP) is 1.04. The Morgan fingerprint density at radius 2 is 2.17 bits per heavy atom. The van der Waals surface area contributed by atoms with Crippen LogP contribution in [-0.2, 0) is 0 Å². The summed E-state index contributed by atoms with van der Waals surface area (Å²) in [5.74, 6) is 0.108. The standard InChI is InChI=1S/C12H15N3O2S/c16-10(9-2-1-7-18-9)15-5-3-12(4-6-15)8-13-11(17)14-12/h1-2,7H,3-6,8H2,(H2,13,14,17). The van der Waals surface area contributed by atoms with Gasteiger partial charge in [0.1, 0.15) is 0 Å². The molecule has 1 aromatic heterocycles. The molecule has 2 saturated heterocycles. The molecule has 2 N–H and O–H groups in total. The first kappa shape index (κ1) is 11.5. The van der Waals surface area contributed by atoms with Gasteiger partial charge >= 0.3 is 6.03 Å². The smallest absolute Gasteiger partial charge is 0.315 e. The SMILES string of the molecule is O=C1NCC2(CCN(C(=O)c3cccs3)CC2)N1. The summed E-state index contributed by atoms with van der Waals surface area (Å²) in [6, 6.07) is 3.66. The Labute approximate surface area is 109 Å². The van der Waals surface area contributed by atoms with E-state index in [2.05, 4.69) is 10.6 Å². The summed E-state index contributed by atoms with van der Waals surface area (Å²) in [4.78, 5) is 26.0. The molecule has 2 aliphatic rings. The van der Waals surface area contributed by atoms with Gasteiger partial charge in [-0.15, -0.1) is 11.3 Å². The summed E-state index contributed by atoms with van der Waals surface area (Å²) in [7, 11) is 0. The van der Waals surface area contributed by atoms with E-state index in [1.54, 1.807) is 0 Å². The van der Waals surface area contributed by atoms with Gasteiger partial charge in [0.2, 0.25) is 0 Å². The van der Waals surface area contributed by atoms with E-state index in [4.69, 9.17) is 0 Å². The number of piperidine rings is 1. The molecule has 0 radical (unpaired) electrons. The van der Waals surface area contributed by atoms with Crippen LogP contribution in [0.2, 0.25) is 0 Å². The third kappa shape index (κ3) is 1.96. The first-order chi connectivity index (χ1) is 8.69. The van der Waals surface area contributed by atoms with E-state index in [0.29, 0.717) is 19.6 Å². The number of likely N-dealkylation sites (tertiary alicyclic amines) is 1. The van der Waals surface area contributed by atoms with Gasteiger partial charge in [0.25, 0.3) is 5.91 Å². The number of urea groups is 1. The Hall–Kier alpha value is -1.56. The molecule has 1 aromatic rings. The second-order valence-corrected chi connectivity index (χ2v) is 5.81. The zero-order chi connectivity index (χ0) is 12.6. The molecule has 3 amide bonds. The minimum absolute atomic E-state index is 0.0898. The molecule has 0 aromatic carbocycles. The number of hydrogen-bond donors (Lipinski definition) is 2. The minimum atomic E-state index is -0.136. The Bertz CT molecular complexity index is 464. The van der Waals surface area contributed by atoms with Gasteiger partial charge in [-0.1, -0.05) is 6.07 Å². The Balaban J connectivity index is 1.64. The second kappa shape index (κ2) is 4.28. The lowest BCUT2D eigenvalue weighted by atomic mass is 9.88. The number of amides is 3. The summed E-state index contributed by atoms with van der Waals surface area (Å²) in [5.41, 5.74) is -0.136. The molecule has 0 unspecified atom stereocenters. The van der Waals surface area contributed by atoms with Crippen LogP contribution in [-0.4, -0.2) is 42.0 Å². The summed E-state index contributed by atoms with van der Waals surface area (Å²) < 4.78 is 0. The van der Waals surface area contributed by atoms with Gasteiger partial charge in [-0.05, 0) is 24.3 Å². The van der Waals surface area contributed by atoms with Crippen LogP contribution in [0, 0.1) is 0 Å². The maximum absolute atomic E-state index is 12.2. The van der Waals surface area contributed by atoms with Crippen molar-refractivity contribution in [2.45, 2.75) is 18.4 Å². The van der Waals surface area contributed by atoms with Crippen LogP contribution in [0.4, 0.5) is 4.79 Å². The second-order valence-electron chi connectivity index (χ2n) is 4.86. The van der Waals surface area contributed by atoms with Crippen LogP contribution in [0.5, 0.6) is 0 Å². The molecule has 2 aliphatic heterocycles. The maximum atomic E-state index is 12.2. The van der Waals surface area contributed by atoms with Gasteiger partial charge < -0.3 is 15.5 Å². The number of rotatable bonds is 1. The fraction of sp³-hybridized carbons (Fsp3) is 0.500. The average molecular weight is 265 g/mol. The molecule has 18 heavy (non-hydrogen) atoms. The van der Waals surface area contributed by atoms with E-state index < -0.39 is 0 Å². The van der Waals surface area contributed by atoms with Crippen molar-refractivity contribution in [1.29, 1.82) is 0 Å². The summed E-state index contributed by atoms with van der Waals surface area (Å²) in [5, 5.41) is 7.69. The van der Waals surface area contributed by atoms with Crippen LogP contribution in [0.3, 0.4) is 0 Å². The molecule has 0 saturated carbocycles. The fourth-order valence-electron chi connectivity index (χ4n) is 2.57. The van der Waals surface area contributed by atoms with Gasteiger partial charge in [0, 0.05) is 19.6 Å². The van der Waals surface area contributed by atoms with E-state index in [-0.39, 0.29) is 17.5 Å². The topological polar surface area (TPSA) is 61.4 Å². The number of carbonyl (C=O) groups excluding carboxylic acids is 2. The van der Waals surface area contributed by atoms with Crippen LogP contribution < -0.4 is 10.6 Å². The molecule has 6 heteroatoms. The Morgan fingerprint density at radius 3 is 2.72 bits per heavy atom. The largest absolute Gasteiger partial charge is 0.338 e. The van der Waals surface area contributed by atoms with Crippen LogP contribution in [0.25, 0.3) is 0 Å². The monoisotopic (exact) mass is 265 g/mol. The van der Waals surface area contributed by atoms with Crippen molar-refractivity contribution < 1.29 is 9.59 Å². The Morgan fingerprint density at radius 1 is 1.39 bits per heavy atom. The van der Waals surface area contributed by atoms with Crippen molar-refractivity contribution in [3.8, 4) is 0 Å². The van der Waals surface area contributed by atoms with Crippen LogP contribution >= 0.6 is 11.3 Å². The molecule has 3 heterocycles. The van der Waals surface area contributed by atoms with Gasteiger partial charge in [0.15, 0.2) is 0 Å². The summed E-state index contributed by atoms with van der Waals surface area (Å²) >= 11 is 1.48. The normalized spacial score (nSPS) is 21.8.